The molecule has 0 atom stereocenters. The number of hydrogen-bond acceptors (Lipinski definition) is 5. The number of anilines is 2. The number of H-pyrrole nitrogens is 1. The molecule has 0 saturated carbocycles. The Hall–Kier alpha value is -1.94. The highest BCUT2D eigenvalue weighted by molar-refractivity contribution is 6.83. The lowest BCUT2D eigenvalue weighted by atomic mass is 10.2. The molecule has 0 fully saturated rings. The van der Waals surface area contributed by atoms with E-state index in [1.807, 2.05) is 31.2 Å². The molecule has 8 heteroatoms. The number of benzene rings is 1. The number of nitrogens with zero attached hydrogens (tertiary/aromatic N) is 3. The summed E-state index contributed by atoms with van der Waals surface area (Å²) in [5.74, 6) is 1.63. The standard InChI is InChI=1S/C22H40N6Si2/c1-16-14-12-13-15-17(16)23-24-18-19(27-29(8,9)21(2,3)4)25-26-20(18)28-30(10,11)22(5,6)7/h12-15H,1-11H3,(H3,25,26,27,28). The number of aromatic amines is 1. The van der Waals surface area contributed by atoms with Gasteiger partial charge in [0.05, 0.1) is 5.69 Å². The number of azo groups is 1. The van der Waals surface area contributed by atoms with Crippen molar-refractivity contribution in [3.63, 3.8) is 0 Å². The number of nitrogens with one attached hydrogen (secondary N) is 3. The molecular formula is C22H40N6Si2. The molecular weight excluding hydrogens is 404 g/mol. The summed E-state index contributed by atoms with van der Waals surface area (Å²) < 4.78 is 0. The van der Waals surface area contributed by atoms with E-state index in [-0.39, 0.29) is 10.1 Å². The van der Waals surface area contributed by atoms with Gasteiger partial charge in [-0.1, -0.05) is 85.9 Å². The Morgan fingerprint density at radius 1 is 0.833 bits per heavy atom. The molecule has 166 valence electrons. The lowest BCUT2D eigenvalue weighted by Crippen LogP contribution is -2.46. The fourth-order valence-corrected chi connectivity index (χ4v) is 4.69. The van der Waals surface area contributed by atoms with Crippen LogP contribution < -0.4 is 9.96 Å². The largest absolute Gasteiger partial charge is 0.394 e. The summed E-state index contributed by atoms with van der Waals surface area (Å²) in [5.41, 5.74) is 2.73. The Bertz CT molecular complexity index is 856. The first-order valence-electron chi connectivity index (χ1n) is 10.7. The summed E-state index contributed by atoms with van der Waals surface area (Å²) in [7, 11) is -3.65. The molecule has 0 bridgehead atoms. The maximum atomic E-state index is 4.68. The minimum Gasteiger partial charge on any atom is -0.394 e. The molecule has 0 unspecified atom stereocenters. The highest BCUT2D eigenvalue weighted by Gasteiger charge is 2.39. The summed E-state index contributed by atoms with van der Waals surface area (Å²) >= 11 is 0. The first kappa shape index (κ1) is 24.3. The molecule has 0 amide bonds. The van der Waals surface area contributed by atoms with Crippen molar-refractivity contribution in [2.45, 2.75) is 84.7 Å². The van der Waals surface area contributed by atoms with E-state index in [2.05, 4.69) is 98.1 Å². The van der Waals surface area contributed by atoms with Gasteiger partial charge in [0.2, 0.25) is 0 Å². The van der Waals surface area contributed by atoms with Gasteiger partial charge in [-0.2, -0.15) is 10.2 Å². The van der Waals surface area contributed by atoms with Crippen LogP contribution in [0.4, 0.5) is 23.0 Å². The second-order valence-electron chi connectivity index (χ2n) is 11.3. The minimum absolute atomic E-state index is 0.170. The predicted octanol–water partition coefficient (Wildman–Crippen LogP) is 7.97. The van der Waals surface area contributed by atoms with E-state index in [1.54, 1.807) is 0 Å². The van der Waals surface area contributed by atoms with Gasteiger partial charge in [0.25, 0.3) is 0 Å². The maximum absolute atomic E-state index is 4.68. The molecule has 6 nitrogen and oxygen atoms in total. The Morgan fingerprint density at radius 2 is 1.37 bits per heavy atom. The van der Waals surface area contributed by atoms with Crippen LogP contribution in [-0.2, 0) is 0 Å². The van der Waals surface area contributed by atoms with Crippen LogP contribution in [-0.4, -0.2) is 26.7 Å². The summed E-state index contributed by atoms with van der Waals surface area (Å²) in [4.78, 5) is 7.51. The third kappa shape index (κ3) is 5.40. The topological polar surface area (TPSA) is 77.5 Å². The van der Waals surface area contributed by atoms with Crippen LogP contribution in [0, 0.1) is 6.92 Å². The van der Waals surface area contributed by atoms with Gasteiger partial charge in [-0.25, -0.2) is 0 Å². The highest BCUT2D eigenvalue weighted by Crippen LogP contribution is 2.43. The molecule has 2 aromatic rings. The first-order chi connectivity index (χ1) is 13.6. The van der Waals surface area contributed by atoms with Crippen molar-refractivity contribution in [3.05, 3.63) is 29.8 Å². The van der Waals surface area contributed by atoms with Crippen LogP contribution >= 0.6 is 0 Å². The van der Waals surface area contributed by atoms with Gasteiger partial charge >= 0.3 is 0 Å². The molecule has 1 aromatic carbocycles. The van der Waals surface area contributed by atoms with Crippen LogP contribution in [0.3, 0.4) is 0 Å². The predicted molar refractivity (Wildman–Crippen MR) is 136 cm³/mol. The van der Waals surface area contributed by atoms with Gasteiger partial charge in [-0.3, -0.25) is 5.10 Å². The molecule has 0 aliphatic heterocycles. The van der Waals surface area contributed by atoms with Crippen LogP contribution in [0.25, 0.3) is 0 Å². The normalized spacial score (nSPS) is 13.7. The smallest absolute Gasteiger partial charge is 0.170 e. The number of aryl methyl sites for hydroxylation is 1. The Balaban J connectivity index is 2.51. The van der Waals surface area contributed by atoms with Gasteiger partial charge in [0.15, 0.2) is 28.0 Å². The summed E-state index contributed by atoms with van der Waals surface area (Å²) in [6, 6.07) is 8.04. The monoisotopic (exact) mass is 444 g/mol. The summed E-state index contributed by atoms with van der Waals surface area (Å²) in [5, 5.41) is 17.4. The van der Waals surface area contributed by atoms with Gasteiger partial charge < -0.3 is 9.96 Å². The third-order valence-electron chi connectivity index (χ3n) is 6.73. The molecule has 30 heavy (non-hydrogen) atoms. The average Bonchev–Trinajstić information content (AvgIpc) is 2.92. The van der Waals surface area contributed by atoms with Gasteiger partial charge in [-0.15, -0.1) is 5.11 Å². The van der Waals surface area contributed by atoms with E-state index in [0.29, 0.717) is 0 Å². The van der Waals surface area contributed by atoms with Crippen LogP contribution in [0.1, 0.15) is 47.1 Å². The summed E-state index contributed by atoms with van der Waals surface area (Å²) in [6.07, 6.45) is 0. The second-order valence-corrected chi connectivity index (χ2v) is 21.3. The molecule has 1 aromatic heterocycles. The van der Waals surface area contributed by atoms with Gasteiger partial charge in [-0.05, 0) is 28.6 Å². The van der Waals surface area contributed by atoms with E-state index < -0.39 is 16.5 Å². The van der Waals surface area contributed by atoms with E-state index in [4.69, 9.17) is 0 Å². The quantitative estimate of drug-likeness (QED) is 0.312. The van der Waals surface area contributed by atoms with E-state index in [9.17, 15) is 0 Å². The molecule has 0 radical (unpaired) electrons. The maximum Gasteiger partial charge on any atom is 0.170 e. The zero-order chi connectivity index (χ0) is 23.0. The zero-order valence-corrected chi connectivity index (χ0v) is 22.7. The Labute approximate surface area is 184 Å². The van der Waals surface area contributed by atoms with E-state index in [1.165, 1.54) is 0 Å². The molecule has 0 aliphatic rings. The Kier molecular flexibility index (Phi) is 6.73. The van der Waals surface area contributed by atoms with Crippen molar-refractivity contribution in [2.75, 3.05) is 9.96 Å². The SMILES string of the molecule is Cc1ccccc1N=Nc1c(N[Si](C)(C)C(C)(C)C)n[nH]c1N[Si](C)(C)C(C)(C)C. The second kappa shape index (κ2) is 8.30. The summed E-state index contributed by atoms with van der Waals surface area (Å²) in [6.45, 7) is 25.0. The van der Waals surface area contributed by atoms with Crippen molar-refractivity contribution in [2.24, 2.45) is 10.2 Å². The van der Waals surface area contributed by atoms with E-state index >= 15 is 0 Å². The lowest BCUT2D eigenvalue weighted by molar-refractivity contribution is 0.723. The lowest BCUT2D eigenvalue weighted by Gasteiger charge is -2.38. The number of rotatable bonds is 6. The van der Waals surface area contributed by atoms with Crippen molar-refractivity contribution in [1.29, 1.82) is 0 Å². The first-order valence-corrected chi connectivity index (χ1v) is 16.7. The average molecular weight is 445 g/mol. The van der Waals surface area contributed by atoms with Crippen LogP contribution in [0.5, 0.6) is 0 Å². The minimum atomic E-state index is -1.83. The van der Waals surface area contributed by atoms with E-state index in [0.717, 1.165) is 28.6 Å². The Morgan fingerprint density at radius 3 is 1.90 bits per heavy atom. The van der Waals surface area contributed by atoms with Crippen LogP contribution in [0.2, 0.25) is 36.3 Å². The third-order valence-corrected chi connectivity index (χ3v) is 16.0. The fraction of sp³-hybridized carbons (Fsp3) is 0.591. The molecule has 1 heterocycles. The van der Waals surface area contributed by atoms with Crippen molar-refractivity contribution in [1.82, 2.24) is 10.2 Å². The molecule has 2 rings (SSSR count). The highest BCUT2D eigenvalue weighted by atomic mass is 28.3. The number of aromatic nitrogens is 2. The van der Waals surface area contributed by atoms with Crippen molar-refractivity contribution < 1.29 is 0 Å². The molecule has 0 aliphatic carbocycles. The fourth-order valence-electron chi connectivity index (χ4n) is 2.37. The van der Waals surface area contributed by atoms with Crippen molar-refractivity contribution in [3.8, 4) is 0 Å². The van der Waals surface area contributed by atoms with Gasteiger partial charge in [0.1, 0.15) is 5.82 Å². The zero-order valence-electron chi connectivity index (χ0n) is 20.7. The van der Waals surface area contributed by atoms with Crippen molar-refractivity contribution >= 4 is 39.5 Å². The molecule has 0 spiro atoms. The molecule has 3 N–H and O–H groups in total. The van der Waals surface area contributed by atoms with Crippen LogP contribution in [0.15, 0.2) is 34.5 Å². The number of hydrogen-bond donors (Lipinski definition) is 3. The van der Waals surface area contributed by atoms with Gasteiger partial charge in [0, 0.05) is 0 Å². The molecule has 0 saturated heterocycles.